The van der Waals surface area contributed by atoms with E-state index in [-0.39, 0.29) is 12.7 Å². The summed E-state index contributed by atoms with van der Waals surface area (Å²) in [6, 6.07) is 5.82. The van der Waals surface area contributed by atoms with Gasteiger partial charge in [0.1, 0.15) is 29.1 Å². The van der Waals surface area contributed by atoms with Gasteiger partial charge in [0.15, 0.2) is 0 Å². The van der Waals surface area contributed by atoms with Gasteiger partial charge in [0, 0.05) is 30.0 Å². The minimum atomic E-state index is 0.0394. The third kappa shape index (κ3) is 2.74. The van der Waals surface area contributed by atoms with Crippen molar-refractivity contribution in [1.29, 1.82) is 0 Å². The van der Waals surface area contributed by atoms with E-state index in [1.165, 1.54) is 0 Å². The third-order valence-electron chi connectivity index (χ3n) is 3.49. The van der Waals surface area contributed by atoms with Gasteiger partial charge in [-0.15, -0.1) is 0 Å². The lowest BCUT2D eigenvalue weighted by molar-refractivity contribution is 0.254. The van der Waals surface area contributed by atoms with Crippen LogP contribution in [0.25, 0.3) is 11.3 Å². The number of fused-ring (bicyclic) bond motifs is 1. The average molecular weight is 289 g/mol. The largest absolute Gasteiger partial charge is 0.493 e. The van der Waals surface area contributed by atoms with Crippen molar-refractivity contribution in [2.24, 2.45) is 0 Å². The maximum Gasteiger partial charge on any atom is 0.139 e. The summed E-state index contributed by atoms with van der Waals surface area (Å²) in [6.07, 6.45) is 1.53. The molecule has 0 amide bonds. The van der Waals surface area contributed by atoms with Gasteiger partial charge >= 0.3 is 0 Å². The van der Waals surface area contributed by atoms with Crippen LogP contribution in [0.2, 0.25) is 0 Å². The number of ether oxygens (including phenoxy) is 2. The Hall–Kier alpha value is -2.01. The number of hydrogen-bond donors (Lipinski definition) is 1. The number of aliphatic hydroxyl groups excluding tert-OH is 1. The van der Waals surface area contributed by atoms with Gasteiger partial charge in [-0.25, -0.2) is 0 Å². The van der Waals surface area contributed by atoms with Crippen molar-refractivity contribution in [1.82, 2.24) is 5.16 Å². The fraction of sp³-hybridized carbons (Fsp3) is 0.438. The Balaban J connectivity index is 2.01. The molecule has 1 atom stereocenters. The highest BCUT2D eigenvalue weighted by Gasteiger charge is 2.23. The molecule has 0 bridgehead atoms. The van der Waals surface area contributed by atoms with E-state index in [2.05, 4.69) is 12.1 Å². The summed E-state index contributed by atoms with van der Waals surface area (Å²) in [4.78, 5) is 0. The molecule has 0 spiro atoms. The quantitative estimate of drug-likeness (QED) is 0.916. The van der Waals surface area contributed by atoms with Crippen LogP contribution in [0, 0.1) is 0 Å². The third-order valence-corrected chi connectivity index (χ3v) is 3.49. The number of rotatable bonds is 5. The summed E-state index contributed by atoms with van der Waals surface area (Å²) in [5, 5.41) is 13.0. The van der Waals surface area contributed by atoms with E-state index in [0.29, 0.717) is 24.5 Å². The van der Waals surface area contributed by atoms with Crippen LogP contribution in [-0.2, 0) is 12.8 Å². The van der Waals surface area contributed by atoms with E-state index in [4.69, 9.17) is 19.1 Å². The first kappa shape index (κ1) is 13.9. The number of benzene rings is 1. The number of hydrogen-bond acceptors (Lipinski definition) is 5. The Morgan fingerprint density at radius 3 is 3.00 bits per heavy atom. The van der Waals surface area contributed by atoms with Crippen LogP contribution in [0.1, 0.15) is 25.2 Å². The highest BCUT2D eigenvalue weighted by molar-refractivity contribution is 5.71. The number of nitrogens with zero attached hydrogens (tertiary/aromatic N) is 1. The Labute approximate surface area is 123 Å². The minimum absolute atomic E-state index is 0.0394. The molecule has 1 aromatic carbocycles. The average Bonchev–Trinajstić information content (AvgIpc) is 3.04. The van der Waals surface area contributed by atoms with E-state index in [1.807, 2.05) is 25.1 Å². The zero-order chi connectivity index (χ0) is 14.8. The second-order valence-electron chi connectivity index (χ2n) is 5.17. The molecule has 0 saturated heterocycles. The molecule has 0 radical (unpaired) electrons. The van der Waals surface area contributed by atoms with Crippen LogP contribution < -0.4 is 9.47 Å². The van der Waals surface area contributed by atoms with E-state index < -0.39 is 0 Å². The van der Waals surface area contributed by atoms with Crippen LogP contribution in [0.3, 0.4) is 0 Å². The van der Waals surface area contributed by atoms with Crippen LogP contribution in [0.5, 0.6) is 11.5 Å². The smallest absolute Gasteiger partial charge is 0.139 e. The lowest BCUT2D eigenvalue weighted by Gasteiger charge is -2.10. The van der Waals surface area contributed by atoms with Crippen molar-refractivity contribution >= 4 is 0 Å². The van der Waals surface area contributed by atoms with E-state index in [0.717, 1.165) is 29.0 Å². The van der Waals surface area contributed by atoms with Crippen LogP contribution >= 0.6 is 0 Å². The molecule has 1 aromatic heterocycles. The number of aliphatic hydroxyl groups is 1. The normalized spacial score (nSPS) is 16.6. The van der Waals surface area contributed by atoms with E-state index in [9.17, 15) is 0 Å². The van der Waals surface area contributed by atoms with Gasteiger partial charge in [0.25, 0.3) is 0 Å². The van der Waals surface area contributed by atoms with Crippen molar-refractivity contribution in [3.8, 4) is 22.8 Å². The summed E-state index contributed by atoms with van der Waals surface area (Å²) in [6.45, 7) is 4.63. The fourth-order valence-electron chi connectivity index (χ4n) is 2.58. The fourth-order valence-corrected chi connectivity index (χ4v) is 2.58. The minimum Gasteiger partial charge on any atom is -0.493 e. The summed E-state index contributed by atoms with van der Waals surface area (Å²) in [5.74, 6) is 2.33. The summed E-state index contributed by atoms with van der Waals surface area (Å²) in [7, 11) is 0. The van der Waals surface area contributed by atoms with Crippen molar-refractivity contribution in [2.75, 3.05) is 13.2 Å². The maximum atomic E-state index is 8.96. The van der Waals surface area contributed by atoms with Gasteiger partial charge in [-0.2, -0.15) is 0 Å². The molecular weight excluding hydrogens is 270 g/mol. The molecule has 0 aliphatic carbocycles. The van der Waals surface area contributed by atoms with Crippen LogP contribution in [0.4, 0.5) is 0 Å². The molecule has 0 fully saturated rings. The second-order valence-corrected chi connectivity index (χ2v) is 5.17. The van der Waals surface area contributed by atoms with Gasteiger partial charge in [-0.3, -0.25) is 0 Å². The van der Waals surface area contributed by atoms with Gasteiger partial charge in [0.2, 0.25) is 0 Å². The summed E-state index contributed by atoms with van der Waals surface area (Å²) < 4.78 is 16.8. The zero-order valence-electron chi connectivity index (χ0n) is 12.3. The Kier molecular flexibility index (Phi) is 3.84. The molecule has 5 nitrogen and oxygen atoms in total. The standard InChI is InChI=1S/C16H19NO4/c1-3-19-16-7-11-6-10(2)20-15(11)9-13(16)14-8-12(4-5-18)21-17-14/h7-10,18H,3-6H2,1-2H3. The first-order valence-corrected chi connectivity index (χ1v) is 7.24. The molecule has 1 aliphatic heterocycles. The Bertz CT molecular complexity index is 635. The van der Waals surface area contributed by atoms with Gasteiger partial charge in [0.05, 0.1) is 13.2 Å². The molecule has 112 valence electrons. The van der Waals surface area contributed by atoms with Crippen molar-refractivity contribution < 1.29 is 19.1 Å². The highest BCUT2D eigenvalue weighted by atomic mass is 16.5. The molecule has 0 saturated carbocycles. The molecule has 5 heteroatoms. The van der Waals surface area contributed by atoms with Crippen molar-refractivity contribution in [2.45, 2.75) is 32.8 Å². The van der Waals surface area contributed by atoms with Gasteiger partial charge < -0.3 is 19.1 Å². The second kappa shape index (κ2) is 5.77. The Morgan fingerprint density at radius 2 is 2.24 bits per heavy atom. The van der Waals surface area contributed by atoms with Gasteiger partial charge in [-0.05, 0) is 26.0 Å². The summed E-state index contributed by atoms with van der Waals surface area (Å²) in [5.41, 5.74) is 2.72. The highest BCUT2D eigenvalue weighted by Crippen LogP contribution is 2.39. The molecular formula is C16H19NO4. The first-order chi connectivity index (χ1) is 10.2. The molecule has 1 N–H and O–H groups in total. The van der Waals surface area contributed by atoms with Crippen molar-refractivity contribution in [3.05, 3.63) is 29.5 Å². The van der Waals surface area contributed by atoms with Crippen LogP contribution in [-0.4, -0.2) is 29.6 Å². The van der Waals surface area contributed by atoms with Crippen molar-refractivity contribution in [3.63, 3.8) is 0 Å². The molecule has 1 aliphatic rings. The predicted molar refractivity (Wildman–Crippen MR) is 77.7 cm³/mol. The topological polar surface area (TPSA) is 64.7 Å². The van der Waals surface area contributed by atoms with E-state index in [1.54, 1.807) is 0 Å². The first-order valence-electron chi connectivity index (χ1n) is 7.24. The molecule has 2 aromatic rings. The lowest BCUT2D eigenvalue weighted by Crippen LogP contribution is -2.05. The molecule has 21 heavy (non-hydrogen) atoms. The predicted octanol–water partition coefficient (Wildman–Crippen LogP) is 2.60. The molecule has 1 unspecified atom stereocenters. The summed E-state index contributed by atoms with van der Waals surface area (Å²) >= 11 is 0. The van der Waals surface area contributed by atoms with Crippen LogP contribution in [0.15, 0.2) is 22.7 Å². The van der Waals surface area contributed by atoms with E-state index >= 15 is 0 Å². The SMILES string of the molecule is CCOc1cc2c(cc1-c1cc(CCO)on1)OC(C)C2. The molecule has 2 heterocycles. The molecule has 3 rings (SSSR count). The van der Waals surface area contributed by atoms with Gasteiger partial charge in [-0.1, -0.05) is 5.16 Å². The number of aromatic nitrogens is 1. The monoisotopic (exact) mass is 289 g/mol. The maximum absolute atomic E-state index is 8.96. The Morgan fingerprint density at radius 1 is 1.38 bits per heavy atom. The zero-order valence-corrected chi connectivity index (χ0v) is 12.3. The lowest BCUT2D eigenvalue weighted by atomic mass is 10.0.